The smallest absolute Gasteiger partial charge is 0.0241 e. The van der Waals surface area contributed by atoms with Crippen LogP contribution in [0, 0.1) is 0 Å². The van der Waals surface area contributed by atoms with Crippen LogP contribution in [0.2, 0.25) is 0 Å². The van der Waals surface area contributed by atoms with Crippen LogP contribution in [-0.2, 0) is 13.1 Å². The first-order valence-corrected chi connectivity index (χ1v) is 8.68. The van der Waals surface area contributed by atoms with Gasteiger partial charge in [-0.3, -0.25) is 0 Å². The van der Waals surface area contributed by atoms with Crippen LogP contribution in [0.5, 0.6) is 0 Å². The Labute approximate surface area is 137 Å². The molecule has 4 heteroatoms. The van der Waals surface area contributed by atoms with E-state index in [4.69, 9.17) is 0 Å². The second-order valence-corrected chi connectivity index (χ2v) is 7.33. The molecule has 0 bridgehead atoms. The standard InChI is InChI=1S/C17H28BrN3/c1-20(2)9-4-10-21(3)13-15-6-5-14(11-17(15)18)12-19-16-7-8-16/h5-6,11,16,19H,4,7-10,12-13H2,1-3H3. The number of benzene rings is 1. The molecule has 0 aliphatic heterocycles. The summed E-state index contributed by atoms with van der Waals surface area (Å²) >= 11 is 3.73. The zero-order valence-electron chi connectivity index (χ0n) is 13.5. The maximum atomic E-state index is 3.73. The average molecular weight is 354 g/mol. The Morgan fingerprint density at radius 2 is 1.95 bits per heavy atom. The largest absolute Gasteiger partial charge is 0.310 e. The third-order valence-corrected chi connectivity index (χ3v) is 4.61. The molecular formula is C17H28BrN3. The van der Waals surface area contributed by atoms with Crippen molar-refractivity contribution >= 4 is 15.9 Å². The Bertz CT molecular complexity index is 444. The quantitative estimate of drug-likeness (QED) is 0.735. The molecule has 0 heterocycles. The summed E-state index contributed by atoms with van der Waals surface area (Å²) in [5.41, 5.74) is 2.74. The van der Waals surface area contributed by atoms with Gasteiger partial charge in [0.2, 0.25) is 0 Å². The van der Waals surface area contributed by atoms with Gasteiger partial charge in [0.15, 0.2) is 0 Å². The number of rotatable bonds is 9. The number of nitrogens with zero attached hydrogens (tertiary/aromatic N) is 2. The molecule has 0 aromatic heterocycles. The van der Waals surface area contributed by atoms with E-state index in [1.807, 2.05) is 0 Å². The van der Waals surface area contributed by atoms with E-state index in [0.717, 1.165) is 32.2 Å². The molecule has 0 unspecified atom stereocenters. The minimum atomic E-state index is 0.770. The number of hydrogen-bond donors (Lipinski definition) is 1. The molecule has 0 atom stereocenters. The van der Waals surface area contributed by atoms with Crippen molar-refractivity contribution in [2.75, 3.05) is 34.2 Å². The Kier molecular flexibility index (Phi) is 6.68. The van der Waals surface area contributed by atoms with Gasteiger partial charge in [-0.1, -0.05) is 28.1 Å². The van der Waals surface area contributed by atoms with Crippen molar-refractivity contribution in [1.82, 2.24) is 15.1 Å². The van der Waals surface area contributed by atoms with Crippen LogP contribution < -0.4 is 5.32 Å². The van der Waals surface area contributed by atoms with Crippen LogP contribution in [0.25, 0.3) is 0 Å². The maximum Gasteiger partial charge on any atom is 0.0241 e. The molecule has 0 spiro atoms. The molecule has 1 aliphatic rings. The summed E-state index contributed by atoms with van der Waals surface area (Å²) < 4.78 is 1.23. The van der Waals surface area contributed by atoms with E-state index in [0.29, 0.717) is 0 Å². The lowest BCUT2D eigenvalue weighted by molar-refractivity contribution is 0.294. The molecule has 1 fully saturated rings. The van der Waals surface area contributed by atoms with E-state index in [1.54, 1.807) is 0 Å². The lowest BCUT2D eigenvalue weighted by atomic mass is 10.1. The normalized spacial score (nSPS) is 15.1. The van der Waals surface area contributed by atoms with Gasteiger partial charge in [-0.2, -0.15) is 0 Å². The van der Waals surface area contributed by atoms with Crippen LogP contribution in [0.1, 0.15) is 30.4 Å². The van der Waals surface area contributed by atoms with E-state index in [-0.39, 0.29) is 0 Å². The fraction of sp³-hybridized carbons (Fsp3) is 0.647. The van der Waals surface area contributed by atoms with E-state index in [1.165, 1.54) is 34.9 Å². The molecular weight excluding hydrogens is 326 g/mol. The highest BCUT2D eigenvalue weighted by atomic mass is 79.9. The lowest BCUT2D eigenvalue weighted by Crippen LogP contribution is -2.23. The Hall–Kier alpha value is -0.420. The van der Waals surface area contributed by atoms with Gasteiger partial charge in [0.25, 0.3) is 0 Å². The summed E-state index contributed by atoms with van der Waals surface area (Å²) in [5, 5.41) is 3.56. The molecule has 1 saturated carbocycles. The highest BCUT2D eigenvalue weighted by molar-refractivity contribution is 9.10. The first-order valence-electron chi connectivity index (χ1n) is 7.88. The van der Waals surface area contributed by atoms with Crippen molar-refractivity contribution in [3.8, 4) is 0 Å². The average Bonchev–Trinajstić information content (AvgIpc) is 3.23. The van der Waals surface area contributed by atoms with Crippen molar-refractivity contribution in [3.63, 3.8) is 0 Å². The van der Waals surface area contributed by atoms with E-state index in [2.05, 4.69) is 70.4 Å². The zero-order valence-corrected chi connectivity index (χ0v) is 15.1. The maximum absolute atomic E-state index is 3.73. The second kappa shape index (κ2) is 8.28. The molecule has 2 rings (SSSR count). The monoisotopic (exact) mass is 353 g/mol. The summed E-state index contributed by atoms with van der Waals surface area (Å²) in [6, 6.07) is 7.55. The van der Waals surface area contributed by atoms with Gasteiger partial charge >= 0.3 is 0 Å². The van der Waals surface area contributed by atoms with Gasteiger partial charge in [-0.15, -0.1) is 0 Å². The molecule has 118 valence electrons. The molecule has 1 aromatic carbocycles. The van der Waals surface area contributed by atoms with E-state index < -0.39 is 0 Å². The Morgan fingerprint density at radius 1 is 1.19 bits per heavy atom. The number of hydrogen-bond acceptors (Lipinski definition) is 3. The minimum Gasteiger partial charge on any atom is -0.310 e. The fourth-order valence-electron chi connectivity index (χ4n) is 2.41. The molecule has 3 nitrogen and oxygen atoms in total. The number of halogens is 1. The molecule has 1 N–H and O–H groups in total. The fourth-order valence-corrected chi connectivity index (χ4v) is 2.96. The molecule has 1 aliphatic carbocycles. The molecule has 21 heavy (non-hydrogen) atoms. The van der Waals surface area contributed by atoms with Gasteiger partial charge < -0.3 is 15.1 Å². The van der Waals surface area contributed by atoms with Crippen molar-refractivity contribution in [1.29, 1.82) is 0 Å². The first kappa shape index (κ1) is 16.9. The van der Waals surface area contributed by atoms with E-state index in [9.17, 15) is 0 Å². The van der Waals surface area contributed by atoms with Crippen molar-refractivity contribution < 1.29 is 0 Å². The predicted molar refractivity (Wildman–Crippen MR) is 93.5 cm³/mol. The molecule has 0 amide bonds. The van der Waals surface area contributed by atoms with Gasteiger partial charge in [0, 0.05) is 23.6 Å². The van der Waals surface area contributed by atoms with Crippen molar-refractivity contribution in [2.24, 2.45) is 0 Å². The summed E-state index contributed by atoms with van der Waals surface area (Å²) in [7, 11) is 6.46. The van der Waals surface area contributed by atoms with Gasteiger partial charge in [-0.05, 0) is 70.7 Å². The Balaban J connectivity index is 1.78. The van der Waals surface area contributed by atoms with Crippen LogP contribution >= 0.6 is 15.9 Å². The summed E-state index contributed by atoms with van der Waals surface area (Å²) in [6.07, 6.45) is 3.90. The van der Waals surface area contributed by atoms with Crippen molar-refractivity contribution in [2.45, 2.75) is 38.4 Å². The third kappa shape index (κ3) is 6.47. The zero-order chi connectivity index (χ0) is 15.2. The third-order valence-electron chi connectivity index (χ3n) is 3.88. The summed E-state index contributed by atoms with van der Waals surface area (Å²) in [6.45, 7) is 4.28. The molecule has 0 saturated heterocycles. The number of nitrogens with one attached hydrogen (secondary N) is 1. The van der Waals surface area contributed by atoms with Gasteiger partial charge in [0.05, 0.1) is 0 Å². The second-order valence-electron chi connectivity index (χ2n) is 6.48. The van der Waals surface area contributed by atoms with Crippen LogP contribution in [0.4, 0.5) is 0 Å². The van der Waals surface area contributed by atoms with Crippen molar-refractivity contribution in [3.05, 3.63) is 33.8 Å². The lowest BCUT2D eigenvalue weighted by Gasteiger charge is -2.19. The highest BCUT2D eigenvalue weighted by Gasteiger charge is 2.19. The Morgan fingerprint density at radius 3 is 2.57 bits per heavy atom. The summed E-state index contributed by atoms with van der Waals surface area (Å²) in [4.78, 5) is 4.64. The van der Waals surface area contributed by atoms with Gasteiger partial charge in [0.1, 0.15) is 0 Å². The predicted octanol–water partition coefficient (Wildman–Crippen LogP) is 3.08. The van der Waals surface area contributed by atoms with Crippen LogP contribution in [-0.4, -0.2) is 50.1 Å². The van der Waals surface area contributed by atoms with E-state index >= 15 is 0 Å². The van der Waals surface area contributed by atoms with Crippen LogP contribution in [0.15, 0.2) is 22.7 Å². The SMILES string of the molecule is CN(C)CCCN(C)Cc1ccc(CNC2CC2)cc1Br. The first-order chi connectivity index (χ1) is 10.0. The summed E-state index contributed by atoms with van der Waals surface area (Å²) in [5.74, 6) is 0. The topological polar surface area (TPSA) is 18.5 Å². The van der Waals surface area contributed by atoms with Crippen LogP contribution in [0.3, 0.4) is 0 Å². The van der Waals surface area contributed by atoms with Gasteiger partial charge in [-0.25, -0.2) is 0 Å². The minimum absolute atomic E-state index is 0.770. The molecule has 1 aromatic rings. The molecule has 0 radical (unpaired) electrons. The highest BCUT2D eigenvalue weighted by Crippen LogP contribution is 2.22.